The maximum Gasteiger partial charge on any atom is 0.252 e. The smallest absolute Gasteiger partial charge is 0.252 e. The number of aromatic nitrogens is 1. The quantitative estimate of drug-likeness (QED) is 0.552. The lowest BCUT2D eigenvalue weighted by molar-refractivity contribution is 0.0960. The number of H-pyrrole nitrogens is 1. The molecule has 0 unspecified atom stereocenters. The largest absolute Gasteiger partial charge is 0.508 e. The number of aromatic hydroxyl groups is 1. The van der Waals surface area contributed by atoms with Gasteiger partial charge in [0.1, 0.15) is 5.75 Å². The Morgan fingerprint density at radius 1 is 1.24 bits per heavy atom. The van der Waals surface area contributed by atoms with E-state index in [0.717, 1.165) is 27.7 Å². The molecule has 25 heavy (non-hydrogen) atoms. The molecule has 0 aliphatic carbocycles. The molecule has 0 saturated carbocycles. The molecular formula is C19H20N4O2. The Kier molecular flexibility index (Phi) is 3.43. The van der Waals surface area contributed by atoms with Crippen LogP contribution in [0.3, 0.4) is 0 Å². The second kappa shape index (κ2) is 5.53. The van der Waals surface area contributed by atoms with Gasteiger partial charge in [0.05, 0.1) is 17.2 Å². The molecule has 0 radical (unpaired) electrons. The number of fused-ring (bicyclic) bond motifs is 2. The van der Waals surface area contributed by atoms with Crippen molar-refractivity contribution in [3.8, 4) is 5.75 Å². The van der Waals surface area contributed by atoms with Gasteiger partial charge in [-0.3, -0.25) is 4.79 Å². The number of nitrogen functional groups attached to an aromatic ring is 1. The van der Waals surface area contributed by atoms with E-state index in [2.05, 4.69) is 15.2 Å². The van der Waals surface area contributed by atoms with Gasteiger partial charge in [0.15, 0.2) is 0 Å². The van der Waals surface area contributed by atoms with Crippen molar-refractivity contribution >= 4 is 22.5 Å². The number of phenolic OH excluding ortho intramolecular Hbond substituents is 1. The molecule has 128 valence electrons. The first kappa shape index (κ1) is 15.5. The second-order valence-electron chi connectivity index (χ2n) is 6.70. The van der Waals surface area contributed by atoms with Crippen LogP contribution >= 0.6 is 0 Å². The van der Waals surface area contributed by atoms with Crippen LogP contribution in [0, 0.1) is 0 Å². The molecule has 0 spiro atoms. The molecule has 6 heteroatoms. The van der Waals surface area contributed by atoms with Crippen molar-refractivity contribution in [1.82, 2.24) is 15.2 Å². The van der Waals surface area contributed by atoms with Crippen molar-refractivity contribution in [3.63, 3.8) is 0 Å². The van der Waals surface area contributed by atoms with E-state index in [4.69, 9.17) is 5.73 Å². The van der Waals surface area contributed by atoms with Crippen LogP contribution in [0.2, 0.25) is 0 Å². The molecule has 6 nitrogen and oxygen atoms in total. The van der Waals surface area contributed by atoms with Gasteiger partial charge in [0.25, 0.3) is 5.91 Å². The van der Waals surface area contributed by atoms with Crippen molar-refractivity contribution < 1.29 is 9.90 Å². The minimum absolute atomic E-state index is 0.131. The zero-order chi connectivity index (χ0) is 17.7. The summed E-state index contributed by atoms with van der Waals surface area (Å²) in [5, 5.41) is 13.9. The van der Waals surface area contributed by atoms with Crippen LogP contribution in [0.1, 0.15) is 33.2 Å². The molecule has 1 aliphatic rings. The third-order valence-corrected chi connectivity index (χ3v) is 4.62. The van der Waals surface area contributed by atoms with E-state index in [0.29, 0.717) is 17.8 Å². The predicted molar refractivity (Wildman–Crippen MR) is 97.5 cm³/mol. The van der Waals surface area contributed by atoms with Crippen molar-refractivity contribution in [1.29, 1.82) is 0 Å². The van der Waals surface area contributed by atoms with Crippen LogP contribution in [0.25, 0.3) is 10.9 Å². The van der Waals surface area contributed by atoms with Gasteiger partial charge in [-0.25, -0.2) is 0 Å². The molecule has 1 atom stereocenters. The number of carbonyl (C=O) groups excluding carboxylic acids is 1. The lowest BCUT2D eigenvalue weighted by Crippen LogP contribution is -2.22. The molecule has 4 rings (SSSR count). The van der Waals surface area contributed by atoms with Crippen molar-refractivity contribution in [2.75, 3.05) is 19.8 Å². The van der Waals surface area contributed by atoms with Gasteiger partial charge in [-0.05, 0) is 43.9 Å². The van der Waals surface area contributed by atoms with Gasteiger partial charge in [-0.1, -0.05) is 12.1 Å². The Labute approximate surface area is 145 Å². The highest BCUT2D eigenvalue weighted by atomic mass is 16.3. The first-order chi connectivity index (χ1) is 12.0. The van der Waals surface area contributed by atoms with Crippen molar-refractivity contribution in [2.24, 2.45) is 0 Å². The number of aromatic amines is 1. The summed E-state index contributed by atoms with van der Waals surface area (Å²) < 4.78 is 0. The molecule has 5 N–H and O–H groups in total. The van der Waals surface area contributed by atoms with Crippen molar-refractivity contribution in [3.05, 3.63) is 58.8 Å². The number of phenols is 1. The zero-order valence-electron chi connectivity index (χ0n) is 14.1. The van der Waals surface area contributed by atoms with E-state index in [-0.39, 0.29) is 17.7 Å². The third kappa shape index (κ3) is 2.42. The number of amides is 1. The van der Waals surface area contributed by atoms with Gasteiger partial charge >= 0.3 is 0 Å². The third-order valence-electron chi connectivity index (χ3n) is 4.62. The van der Waals surface area contributed by atoms with E-state index in [1.165, 1.54) is 6.07 Å². The molecular weight excluding hydrogens is 316 g/mol. The van der Waals surface area contributed by atoms with Gasteiger partial charge in [0, 0.05) is 28.8 Å². The number of rotatable bonds is 3. The van der Waals surface area contributed by atoms with E-state index < -0.39 is 0 Å². The number of para-hydroxylation sites is 1. The Hall–Kier alpha value is -2.99. The fraction of sp³-hybridized carbons (Fsp3) is 0.211. The summed E-state index contributed by atoms with van der Waals surface area (Å²) in [6.07, 6.45) is 0. The summed E-state index contributed by atoms with van der Waals surface area (Å²) in [5.41, 5.74) is 11.1. The van der Waals surface area contributed by atoms with Gasteiger partial charge in [0.2, 0.25) is 0 Å². The summed E-state index contributed by atoms with van der Waals surface area (Å²) in [6, 6.07) is 10.3. The second-order valence-corrected chi connectivity index (χ2v) is 6.70. The van der Waals surface area contributed by atoms with Crippen LogP contribution in [0.15, 0.2) is 36.4 Å². The highest BCUT2D eigenvalue weighted by Crippen LogP contribution is 2.39. The van der Waals surface area contributed by atoms with Gasteiger partial charge in [-0.15, -0.1) is 0 Å². The molecule has 1 amide bonds. The number of nitrogens with two attached hydrogens (primary N) is 1. The number of benzene rings is 2. The number of carbonyl (C=O) groups is 1. The Balaban J connectivity index is 1.97. The zero-order valence-corrected chi connectivity index (χ0v) is 14.1. The number of hydrogen-bond acceptors (Lipinski definition) is 4. The maximum absolute atomic E-state index is 12.4. The van der Waals surface area contributed by atoms with Gasteiger partial charge < -0.3 is 26.0 Å². The van der Waals surface area contributed by atoms with E-state index in [1.807, 2.05) is 32.3 Å². The Bertz CT molecular complexity index is 990. The van der Waals surface area contributed by atoms with Crippen molar-refractivity contribution in [2.45, 2.75) is 12.6 Å². The lowest BCUT2D eigenvalue weighted by atomic mass is 9.95. The molecule has 3 aromatic rings. The number of anilines is 1. The fourth-order valence-electron chi connectivity index (χ4n) is 3.60. The highest BCUT2D eigenvalue weighted by molar-refractivity contribution is 6.02. The average Bonchev–Trinajstić information content (AvgIpc) is 3.05. The normalized spacial score (nSPS) is 16.4. The van der Waals surface area contributed by atoms with Gasteiger partial charge in [-0.2, -0.15) is 0 Å². The number of nitrogens with zero attached hydrogens (tertiary/aromatic N) is 1. The summed E-state index contributed by atoms with van der Waals surface area (Å²) in [7, 11) is 3.98. The minimum Gasteiger partial charge on any atom is -0.508 e. The molecule has 1 aliphatic heterocycles. The molecule has 0 saturated heterocycles. The van der Waals surface area contributed by atoms with E-state index in [1.54, 1.807) is 12.1 Å². The van der Waals surface area contributed by atoms with Crippen LogP contribution in [-0.2, 0) is 6.54 Å². The SMILES string of the molecule is CN(C)Cc1[nH]c2c(N)cccc2c1[C@H]1NC(=O)c2ccc(O)cc21. The standard InChI is InChI=1S/C19H20N4O2/c1-23(2)9-15-16(12-4-3-5-14(20)17(12)21-15)18-13-8-10(24)6-7-11(13)19(25)22-18/h3-8,18,21,24H,9,20H2,1-2H3,(H,22,25)/t18-/m0/s1. The summed E-state index contributed by atoms with van der Waals surface area (Å²) >= 11 is 0. The highest BCUT2D eigenvalue weighted by Gasteiger charge is 2.33. The van der Waals surface area contributed by atoms with Crippen LogP contribution < -0.4 is 11.1 Å². The number of hydrogen-bond donors (Lipinski definition) is 4. The molecule has 2 heterocycles. The summed E-state index contributed by atoms with van der Waals surface area (Å²) in [6.45, 7) is 0.684. The van der Waals surface area contributed by atoms with Crippen LogP contribution in [0.4, 0.5) is 5.69 Å². The minimum atomic E-state index is -0.319. The molecule has 0 bridgehead atoms. The first-order valence-electron chi connectivity index (χ1n) is 8.13. The van der Waals surface area contributed by atoms with Crippen LogP contribution in [0.5, 0.6) is 5.75 Å². The summed E-state index contributed by atoms with van der Waals surface area (Å²) in [5.74, 6) is 0.0165. The first-order valence-corrected chi connectivity index (χ1v) is 8.13. The maximum atomic E-state index is 12.4. The monoisotopic (exact) mass is 336 g/mol. The van der Waals surface area contributed by atoms with E-state index in [9.17, 15) is 9.90 Å². The predicted octanol–water partition coefficient (Wildman–Crippen LogP) is 2.35. The average molecular weight is 336 g/mol. The number of nitrogens with one attached hydrogen (secondary N) is 2. The Morgan fingerprint density at radius 3 is 2.80 bits per heavy atom. The molecule has 1 aromatic heterocycles. The van der Waals surface area contributed by atoms with Crippen LogP contribution in [-0.4, -0.2) is 35.0 Å². The topological polar surface area (TPSA) is 94.4 Å². The fourth-order valence-corrected chi connectivity index (χ4v) is 3.60. The molecule has 0 fully saturated rings. The lowest BCUT2D eigenvalue weighted by Gasteiger charge is -2.16. The van der Waals surface area contributed by atoms with E-state index >= 15 is 0 Å². The summed E-state index contributed by atoms with van der Waals surface area (Å²) in [4.78, 5) is 17.9. The Morgan fingerprint density at radius 2 is 2.04 bits per heavy atom. The molecule has 2 aromatic carbocycles.